The van der Waals surface area contributed by atoms with Crippen LogP contribution in [0.5, 0.6) is 0 Å². The molecule has 1 saturated heterocycles. The van der Waals surface area contributed by atoms with Gasteiger partial charge in [-0.1, -0.05) is 165 Å². The maximum absolute atomic E-state index is 6.44. The minimum absolute atomic E-state index is 0.209. The molecule has 0 aromatic rings. The monoisotopic (exact) mass is 727 g/mol. The van der Waals surface area contributed by atoms with E-state index >= 15 is 0 Å². The Morgan fingerprint density at radius 2 is 0.827 bits per heavy atom. The number of piperazine rings is 1. The van der Waals surface area contributed by atoms with Gasteiger partial charge in [0.05, 0.1) is 12.7 Å². The number of rotatable bonds is 39. The molecule has 1 fully saturated rings. The predicted molar refractivity (Wildman–Crippen MR) is 232 cm³/mol. The summed E-state index contributed by atoms with van der Waals surface area (Å²) in [4.78, 5) is 5.02. The first-order valence-corrected chi connectivity index (χ1v) is 23.0. The van der Waals surface area contributed by atoms with Crippen molar-refractivity contribution in [2.75, 3.05) is 59.6 Å². The van der Waals surface area contributed by atoms with E-state index in [1.54, 1.807) is 0 Å². The van der Waals surface area contributed by atoms with Crippen LogP contribution in [-0.2, 0) is 9.47 Å². The highest BCUT2D eigenvalue weighted by Gasteiger charge is 2.19. The van der Waals surface area contributed by atoms with E-state index in [0.29, 0.717) is 0 Å². The van der Waals surface area contributed by atoms with E-state index in [1.165, 1.54) is 167 Å². The molecule has 1 heterocycles. The van der Waals surface area contributed by atoms with Crippen molar-refractivity contribution in [1.82, 2.24) is 9.80 Å². The van der Waals surface area contributed by atoms with Crippen LogP contribution in [0.1, 0.15) is 194 Å². The van der Waals surface area contributed by atoms with Crippen molar-refractivity contribution >= 4 is 0 Å². The number of nitrogens with zero attached hydrogens (tertiary/aromatic N) is 2. The second kappa shape index (κ2) is 41.0. The van der Waals surface area contributed by atoms with Crippen molar-refractivity contribution in [1.29, 1.82) is 0 Å². The average Bonchev–Trinajstić information content (AvgIpc) is 3.15. The summed E-state index contributed by atoms with van der Waals surface area (Å²) in [7, 11) is 2.23. The first-order chi connectivity index (χ1) is 25.8. The lowest BCUT2D eigenvalue weighted by Crippen LogP contribution is -2.48. The molecule has 304 valence electrons. The van der Waals surface area contributed by atoms with Crippen LogP contribution < -0.4 is 0 Å². The van der Waals surface area contributed by atoms with Crippen LogP contribution in [0, 0.1) is 0 Å². The third-order valence-electron chi connectivity index (χ3n) is 10.5. The molecule has 1 unspecified atom stereocenters. The van der Waals surface area contributed by atoms with Crippen molar-refractivity contribution in [2.45, 2.75) is 200 Å². The molecule has 52 heavy (non-hydrogen) atoms. The number of ether oxygens (including phenoxy) is 2. The van der Waals surface area contributed by atoms with E-state index in [0.717, 1.165) is 65.4 Å². The molecule has 1 atom stereocenters. The van der Waals surface area contributed by atoms with Crippen molar-refractivity contribution < 1.29 is 9.47 Å². The Morgan fingerprint density at radius 3 is 1.27 bits per heavy atom. The second-order valence-corrected chi connectivity index (χ2v) is 15.8. The number of allylic oxidation sites excluding steroid dienone is 8. The smallest absolute Gasteiger partial charge is 0.0934 e. The Morgan fingerprint density at radius 1 is 0.442 bits per heavy atom. The molecular weight excluding hydrogens is 637 g/mol. The summed E-state index contributed by atoms with van der Waals surface area (Å²) in [6.07, 6.45) is 55.7. The zero-order chi connectivity index (χ0) is 37.3. The minimum atomic E-state index is 0.209. The van der Waals surface area contributed by atoms with Gasteiger partial charge in [0.15, 0.2) is 0 Å². The standard InChI is InChI=1S/C48H90N2O2/c1-4-6-8-10-12-14-16-18-20-22-24-26-28-30-32-34-36-38-44-51-47-48(46-50-42-40-49(3)41-43-50)52-45-39-37-35-33-31-29-27-25-23-21-19-17-15-13-11-9-7-5-2/h12-15,18-21,48H,4-11,16-17,22-47H2,1-3H3/b14-12-,15-13-,20-18+,21-19+. The highest BCUT2D eigenvalue weighted by atomic mass is 16.5. The number of likely N-dealkylation sites (N-methyl/N-ethyl adjacent to an activating group) is 1. The van der Waals surface area contributed by atoms with Gasteiger partial charge in [-0.3, -0.25) is 4.90 Å². The zero-order valence-corrected chi connectivity index (χ0v) is 35.4. The van der Waals surface area contributed by atoms with Crippen LogP contribution in [0.2, 0.25) is 0 Å². The summed E-state index contributed by atoms with van der Waals surface area (Å²) >= 11 is 0. The predicted octanol–water partition coefficient (Wildman–Crippen LogP) is 13.8. The molecule has 4 heteroatoms. The average molecular weight is 727 g/mol. The second-order valence-electron chi connectivity index (χ2n) is 15.8. The molecular formula is C48H90N2O2. The Bertz CT molecular complexity index is 813. The van der Waals surface area contributed by atoms with Gasteiger partial charge in [0.2, 0.25) is 0 Å². The number of hydrogen-bond acceptors (Lipinski definition) is 4. The van der Waals surface area contributed by atoms with Gasteiger partial charge in [-0.05, 0) is 84.1 Å². The van der Waals surface area contributed by atoms with Crippen LogP contribution >= 0.6 is 0 Å². The third kappa shape index (κ3) is 35.8. The molecule has 0 amide bonds. The summed E-state index contributed by atoms with van der Waals surface area (Å²) in [6.45, 7) is 12.7. The Hall–Kier alpha value is -1.20. The van der Waals surface area contributed by atoms with Gasteiger partial charge in [-0.15, -0.1) is 0 Å². The molecule has 4 nitrogen and oxygen atoms in total. The Balaban J connectivity index is 2.01. The lowest BCUT2D eigenvalue weighted by Gasteiger charge is -2.34. The van der Waals surface area contributed by atoms with E-state index in [9.17, 15) is 0 Å². The maximum Gasteiger partial charge on any atom is 0.0934 e. The van der Waals surface area contributed by atoms with Crippen molar-refractivity contribution in [3.63, 3.8) is 0 Å². The number of hydrogen-bond donors (Lipinski definition) is 0. The van der Waals surface area contributed by atoms with Gasteiger partial charge < -0.3 is 14.4 Å². The van der Waals surface area contributed by atoms with Gasteiger partial charge in [-0.2, -0.15) is 0 Å². The van der Waals surface area contributed by atoms with Gasteiger partial charge in [0, 0.05) is 45.9 Å². The van der Waals surface area contributed by atoms with Crippen molar-refractivity contribution in [3.8, 4) is 0 Å². The van der Waals surface area contributed by atoms with Gasteiger partial charge in [-0.25, -0.2) is 0 Å². The third-order valence-corrected chi connectivity index (χ3v) is 10.5. The Labute approximate surface area is 326 Å². The molecule has 0 aromatic carbocycles. The van der Waals surface area contributed by atoms with Crippen LogP contribution in [0.3, 0.4) is 0 Å². The fourth-order valence-corrected chi connectivity index (χ4v) is 6.93. The molecule has 0 bridgehead atoms. The van der Waals surface area contributed by atoms with E-state index in [4.69, 9.17) is 9.47 Å². The molecule has 0 aliphatic carbocycles. The molecule has 1 aliphatic heterocycles. The first kappa shape index (κ1) is 48.8. The van der Waals surface area contributed by atoms with Gasteiger partial charge in [0.1, 0.15) is 0 Å². The molecule has 1 rings (SSSR count). The largest absolute Gasteiger partial charge is 0.379 e. The summed E-state index contributed by atoms with van der Waals surface area (Å²) < 4.78 is 12.6. The van der Waals surface area contributed by atoms with Crippen LogP contribution in [-0.4, -0.2) is 75.5 Å². The highest BCUT2D eigenvalue weighted by Crippen LogP contribution is 2.13. The van der Waals surface area contributed by atoms with E-state index in [2.05, 4.69) is 79.3 Å². The van der Waals surface area contributed by atoms with Crippen molar-refractivity contribution in [2.24, 2.45) is 0 Å². The first-order valence-electron chi connectivity index (χ1n) is 23.0. The SMILES string of the molecule is CCCCC/C=C\C/C=C/CCCCCCCCCCOCC(CN1CCN(C)CC1)OCCCCCCCCCC/C=C/C/C=C\CCCCC. The Kier molecular flexibility index (Phi) is 38.5. The lowest BCUT2D eigenvalue weighted by molar-refractivity contribution is -0.0388. The molecule has 0 aromatic heterocycles. The molecule has 0 N–H and O–H groups in total. The highest BCUT2D eigenvalue weighted by molar-refractivity contribution is 4.93. The van der Waals surface area contributed by atoms with E-state index in [-0.39, 0.29) is 6.10 Å². The van der Waals surface area contributed by atoms with Crippen LogP contribution in [0.4, 0.5) is 0 Å². The van der Waals surface area contributed by atoms with Crippen LogP contribution in [0.15, 0.2) is 48.6 Å². The molecule has 0 radical (unpaired) electrons. The topological polar surface area (TPSA) is 24.9 Å². The van der Waals surface area contributed by atoms with Gasteiger partial charge >= 0.3 is 0 Å². The molecule has 1 aliphatic rings. The fraction of sp³-hybridized carbons (Fsp3) is 0.833. The van der Waals surface area contributed by atoms with Crippen molar-refractivity contribution in [3.05, 3.63) is 48.6 Å². The summed E-state index contributed by atoms with van der Waals surface area (Å²) in [5.74, 6) is 0. The zero-order valence-electron chi connectivity index (χ0n) is 35.4. The maximum atomic E-state index is 6.44. The quantitative estimate of drug-likeness (QED) is 0.0465. The minimum Gasteiger partial charge on any atom is -0.379 e. The fourth-order valence-electron chi connectivity index (χ4n) is 6.93. The molecule has 0 saturated carbocycles. The summed E-state index contributed by atoms with van der Waals surface area (Å²) in [5, 5.41) is 0. The molecule has 0 spiro atoms. The van der Waals surface area contributed by atoms with E-state index < -0.39 is 0 Å². The summed E-state index contributed by atoms with van der Waals surface area (Å²) in [6, 6.07) is 0. The van der Waals surface area contributed by atoms with Crippen LogP contribution in [0.25, 0.3) is 0 Å². The van der Waals surface area contributed by atoms with Gasteiger partial charge in [0.25, 0.3) is 0 Å². The van der Waals surface area contributed by atoms with E-state index in [1.807, 2.05) is 0 Å². The number of unbranched alkanes of at least 4 members (excludes halogenated alkanes) is 22. The normalized spacial score (nSPS) is 15.4. The lowest BCUT2D eigenvalue weighted by atomic mass is 10.1. The summed E-state index contributed by atoms with van der Waals surface area (Å²) in [5.41, 5.74) is 0.